The number of rotatable bonds is 6. The topological polar surface area (TPSA) is 63.6 Å². The SMILES string of the molecule is O=C(COc1cc(Cl)c(Cl)cc1Cl)NN=C(c1ccccc1)c1cccnc1. The smallest absolute Gasteiger partial charge is 0.277 e. The van der Waals surface area contributed by atoms with Crippen molar-refractivity contribution in [3.05, 3.63) is 93.2 Å². The van der Waals surface area contributed by atoms with E-state index in [4.69, 9.17) is 39.5 Å². The van der Waals surface area contributed by atoms with Crippen LogP contribution in [0.25, 0.3) is 0 Å². The lowest BCUT2D eigenvalue weighted by Crippen LogP contribution is -2.26. The number of pyridine rings is 1. The molecule has 0 bridgehead atoms. The van der Waals surface area contributed by atoms with Crippen LogP contribution in [0, 0.1) is 0 Å². The molecule has 8 heteroatoms. The van der Waals surface area contributed by atoms with E-state index >= 15 is 0 Å². The van der Waals surface area contributed by atoms with Crippen LogP contribution in [0.15, 0.2) is 72.1 Å². The fraction of sp³-hybridized carbons (Fsp3) is 0.0500. The average molecular weight is 435 g/mol. The zero-order valence-corrected chi connectivity index (χ0v) is 16.7. The van der Waals surface area contributed by atoms with Gasteiger partial charge in [0.15, 0.2) is 6.61 Å². The van der Waals surface area contributed by atoms with Crippen molar-refractivity contribution in [3.63, 3.8) is 0 Å². The molecule has 0 unspecified atom stereocenters. The second kappa shape index (κ2) is 9.55. The van der Waals surface area contributed by atoms with Crippen LogP contribution < -0.4 is 10.2 Å². The number of aromatic nitrogens is 1. The molecule has 1 amide bonds. The molecule has 28 heavy (non-hydrogen) atoms. The Bertz CT molecular complexity index is 955. The van der Waals surface area contributed by atoms with E-state index in [0.29, 0.717) is 10.7 Å². The molecular formula is C20H14Cl3N3O2. The highest BCUT2D eigenvalue weighted by molar-refractivity contribution is 6.43. The first kappa shape index (κ1) is 20.1. The Kier molecular flexibility index (Phi) is 6.87. The molecule has 0 saturated carbocycles. The van der Waals surface area contributed by atoms with Crippen molar-refractivity contribution in [3.8, 4) is 5.75 Å². The molecule has 1 heterocycles. The molecule has 0 aliphatic carbocycles. The number of hydrazone groups is 1. The van der Waals surface area contributed by atoms with Crippen LogP contribution in [0.5, 0.6) is 5.75 Å². The number of benzene rings is 2. The molecule has 0 radical (unpaired) electrons. The van der Waals surface area contributed by atoms with Gasteiger partial charge in [0, 0.05) is 29.6 Å². The quantitative estimate of drug-likeness (QED) is 0.338. The fourth-order valence-corrected chi connectivity index (χ4v) is 2.89. The summed E-state index contributed by atoms with van der Waals surface area (Å²) in [6.07, 6.45) is 3.34. The molecule has 0 spiro atoms. The predicted octanol–water partition coefficient (Wildman–Crippen LogP) is 4.99. The maximum atomic E-state index is 12.2. The summed E-state index contributed by atoms with van der Waals surface area (Å²) in [5, 5.41) is 5.09. The summed E-state index contributed by atoms with van der Waals surface area (Å²) in [6, 6.07) is 16.0. The summed E-state index contributed by atoms with van der Waals surface area (Å²) >= 11 is 17.9. The van der Waals surface area contributed by atoms with Crippen LogP contribution in [0.2, 0.25) is 15.1 Å². The molecular weight excluding hydrogens is 421 g/mol. The monoisotopic (exact) mass is 433 g/mol. The van der Waals surface area contributed by atoms with Crippen LogP contribution in [-0.4, -0.2) is 23.2 Å². The number of nitrogens with zero attached hydrogens (tertiary/aromatic N) is 2. The molecule has 2 aromatic carbocycles. The molecule has 0 aliphatic rings. The highest BCUT2D eigenvalue weighted by Gasteiger charge is 2.11. The van der Waals surface area contributed by atoms with E-state index in [9.17, 15) is 4.79 Å². The molecule has 0 fully saturated rings. The van der Waals surface area contributed by atoms with Gasteiger partial charge in [0.1, 0.15) is 5.75 Å². The van der Waals surface area contributed by atoms with E-state index in [1.165, 1.54) is 12.1 Å². The van der Waals surface area contributed by atoms with Gasteiger partial charge in [0.25, 0.3) is 5.91 Å². The van der Waals surface area contributed by atoms with Crippen LogP contribution >= 0.6 is 34.8 Å². The van der Waals surface area contributed by atoms with Crippen LogP contribution in [0.3, 0.4) is 0 Å². The number of amides is 1. The maximum absolute atomic E-state index is 12.2. The van der Waals surface area contributed by atoms with Crippen LogP contribution in [0.1, 0.15) is 11.1 Å². The average Bonchev–Trinajstić information content (AvgIpc) is 2.71. The fourth-order valence-electron chi connectivity index (χ4n) is 2.30. The number of hydrogen-bond acceptors (Lipinski definition) is 4. The Balaban J connectivity index is 1.72. The van der Waals surface area contributed by atoms with Gasteiger partial charge in [-0.3, -0.25) is 9.78 Å². The van der Waals surface area contributed by atoms with Crippen molar-refractivity contribution in [1.82, 2.24) is 10.4 Å². The molecule has 0 saturated heterocycles. The van der Waals surface area contributed by atoms with Crippen LogP contribution in [-0.2, 0) is 4.79 Å². The third kappa shape index (κ3) is 5.23. The first-order chi connectivity index (χ1) is 13.5. The highest BCUT2D eigenvalue weighted by atomic mass is 35.5. The van der Waals surface area contributed by atoms with E-state index in [1.807, 2.05) is 36.4 Å². The molecule has 1 N–H and O–H groups in total. The van der Waals surface area contributed by atoms with Crippen molar-refractivity contribution in [2.24, 2.45) is 5.10 Å². The zero-order valence-electron chi connectivity index (χ0n) is 14.4. The molecule has 3 rings (SSSR count). The lowest BCUT2D eigenvalue weighted by Gasteiger charge is -2.10. The van der Waals surface area contributed by atoms with Crippen molar-refractivity contribution in [2.45, 2.75) is 0 Å². The third-order valence-corrected chi connectivity index (χ3v) is 4.63. The summed E-state index contributed by atoms with van der Waals surface area (Å²) in [6.45, 7) is -0.295. The maximum Gasteiger partial charge on any atom is 0.277 e. The number of carbonyl (C=O) groups excluding carboxylic acids is 1. The number of halogens is 3. The van der Waals surface area contributed by atoms with Gasteiger partial charge >= 0.3 is 0 Å². The highest BCUT2D eigenvalue weighted by Crippen LogP contribution is 2.33. The van der Waals surface area contributed by atoms with Gasteiger partial charge in [-0.25, -0.2) is 5.43 Å². The lowest BCUT2D eigenvalue weighted by molar-refractivity contribution is -0.123. The van der Waals surface area contributed by atoms with E-state index < -0.39 is 5.91 Å². The lowest BCUT2D eigenvalue weighted by atomic mass is 10.0. The standard InChI is InChI=1S/C20H14Cl3N3O2/c21-15-9-17(23)18(10-16(15)22)28-12-19(27)25-26-20(13-5-2-1-3-6-13)14-7-4-8-24-11-14/h1-11H,12H2,(H,25,27). The molecule has 0 atom stereocenters. The number of hydrogen-bond donors (Lipinski definition) is 1. The minimum absolute atomic E-state index is 0.255. The summed E-state index contributed by atoms with van der Waals surface area (Å²) < 4.78 is 5.41. The Hall–Kier alpha value is -2.60. The minimum atomic E-state index is -0.459. The first-order valence-electron chi connectivity index (χ1n) is 8.14. The van der Waals surface area contributed by atoms with Gasteiger partial charge in [0.05, 0.1) is 20.8 Å². The Morgan fingerprint density at radius 3 is 2.39 bits per heavy atom. The van der Waals surface area contributed by atoms with Gasteiger partial charge in [-0.1, -0.05) is 65.1 Å². The molecule has 1 aromatic heterocycles. The number of nitrogens with one attached hydrogen (secondary N) is 1. The molecule has 3 aromatic rings. The van der Waals surface area contributed by atoms with Gasteiger partial charge in [-0.2, -0.15) is 5.10 Å². The van der Waals surface area contributed by atoms with Gasteiger partial charge in [-0.15, -0.1) is 0 Å². The van der Waals surface area contributed by atoms with E-state index in [1.54, 1.807) is 18.5 Å². The second-order valence-electron chi connectivity index (χ2n) is 5.59. The second-order valence-corrected chi connectivity index (χ2v) is 6.81. The third-order valence-electron chi connectivity index (χ3n) is 3.61. The summed E-state index contributed by atoms with van der Waals surface area (Å²) in [4.78, 5) is 16.3. The Morgan fingerprint density at radius 1 is 0.964 bits per heavy atom. The number of carbonyl (C=O) groups is 1. The van der Waals surface area contributed by atoms with Crippen molar-refractivity contribution < 1.29 is 9.53 Å². The minimum Gasteiger partial charge on any atom is -0.482 e. The largest absolute Gasteiger partial charge is 0.482 e. The van der Waals surface area contributed by atoms with Crippen molar-refractivity contribution in [2.75, 3.05) is 6.61 Å². The first-order valence-corrected chi connectivity index (χ1v) is 9.27. The van der Waals surface area contributed by atoms with E-state index in [0.717, 1.165) is 11.1 Å². The van der Waals surface area contributed by atoms with E-state index in [2.05, 4.69) is 15.5 Å². The molecule has 142 valence electrons. The normalized spacial score (nSPS) is 11.2. The Labute approximate surface area is 176 Å². The molecule has 5 nitrogen and oxygen atoms in total. The predicted molar refractivity (Wildman–Crippen MR) is 111 cm³/mol. The van der Waals surface area contributed by atoms with Crippen molar-refractivity contribution in [1.29, 1.82) is 0 Å². The summed E-state index contributed by atoms with van der Waals surface area (Å²) in [5.41, 5.74) is 4.67. The van der Waals surface area contributed by atoms with Crippen molar-refractivity contribution >= 4 is 46.4 Å². The van der Waals surface area contributed by atoms with Gasteiger partial charge in [0.2, 0.25) is 0 Å². The zero-order chi connectivity index (χ0) is 19.9. The number of ether oxygens (including phenoxy) is 1. The molecule has 0 aliphatic heterocycles. The summed E-state index contributed by atoms with van der Waals surface area (Å²) in [5.74, 6) is -0.204. The Morgan fingerprint density at radius 2 is 1.68 bits per heavy atom. The summed E-state index contributed by atoms with van der Waals surface area (Å²) in [7, 11) is 0. The van der Waals surface area contributed by atoms with E-state index in [-0.39, 0.29) is 22.4 Å². The van der Waals surface area contributed by atoms with Gasteiger partial charge < -0.3 is 4.74 Å². The van der Waals surface area contributed by atoms with Gasteiger partial charge in [-0.05, 0) is 18.2 Å². The van der Waals surface area contributed by atoms with Crippen LogP contribution in [0.4, 0.5) is 0 Å².